The summed E-state index contributed by atoms with van der Waals surface area (Å²) in [5.74, 6) is 0.893. The van der Waals surface area contributed by atoms with Crippen LogP contribution in [0, 0.1) is 0 Å². The van der Waals surface area contributed by atoms with Crippen molar-refractivity contribution in [2.24, 2.45) is 0 Å². The first kappa shape index (κ1) is 11.7. The quantitative estimate of drug-likeness (QED) is 0.846. The predicted molar refractivity (Wildman–Crippen MR) is 66.9 cm³/mol. The van der Waals surface area contributed by atoms with Crippen molar-refractivity contribution >= 4 is 23.4 Å². The van der Waals surface area contributed by atoms with E-state index in [-0.39, 0.29) is 5.95 Å². The maximum atomic E-state index is 5.86. The molecule has 5 nitrogen and oxygen atoms in total. The number of nitrogens with two attached hydrogens (primary N) is 1. The van der Waals surface area contributed by atoms with Gasteiger partial charge in [0.1, 0.15) is 11.0 Å². The largest absolute Gasteiger partial charge is 0.472 e. The molecule has 0 amide bonds. The molecule has 0 spiro atoms. The Labute approximate surface area is 104 Å². The van der Waals surface area contributed by atoms with Gasteiger partial charge in [-0.3, -0.25) is 0 Å². The van der Waals surface area contributed by atoms with Crippen molar-refractivity contribution in [1.29, 1.82) is 0 Å². The van der Waals surface area contributed by atoms with Gasteiger partial charge in [-0.25, -0.2) is 4.98 Å². The van der Waals surface area contributed by atoms with Crippen LogP contribution in [0.2, 0.25) is 5.15 Å². The van der Waals surface area contributed by atoms with Gasteiger partial charge in [-0.2, -0.15) is 4.98 Å². The molecule has 2 heterocycles. The molecule has 2 N–H and O–H groups in total. The third-order valence-corrected chi connectivity index (χ3v) is 2.55. The molecule has 0 atom stereocenters. The molecular weight excluding hydrogens is 240 g/mol. The standard InChI is InChI=1S/C11H13ClN4O/c1-2-16(6-8-3-4-17-7-8)10-5-9(12)14-11(13)15-10/h3-5,7H,2,6H2,1H3,(H2,13,14,15). The van der Waals surface area contributed by atoms with E-state index in [4.69, 9.17) is 21.8 Å². The minimum atomic E-state index is 0.179. The third kappa shape index (κ3) is 2.88. The number of furan rings is 1. The molecule has 17 heavy (non-hydrogen) atoms. The Morgan fingerprint density at radius 2 is 2.29 bits per heavy atom. The number of anilines is 2. The van der Waals surface area contributed by atoms with E-state index in [1.54, 1.807) is 18.6 Å². The van der Waals surface area contributed by atoms with Crippen molar-refractivity contribution in [3.63, 3.8) is 0 Å². The average molecular weight is 253 g/mol. The normalized spacial score (nSPS) is 10.5. The number of nitrogens with zero attached hydrogens (tertiary/aromatic N) is 3. The number of hydrogen-bond donors (Lipinski definition) is 1. The molecule has 2 aromatic heterocycles. The Morgan fingerprint density at radius 3 is 2.88 bits per heavy atom. The van der Waals surface area contributed by atoms with E-state index in [0.717, 1.165) is 12.1 Å². The summed E-state index contributed by atoms with van der Waals surface area (Å²) in [6.45, 7) is 3.52. The molecule has 0 unspecified atom stereocenters. The molecule has 0 aromatic carbocycles. The zero-order valence-electron chi connectivity index (χ0n) is 9.43. The molecule has 0 aliphatic heterocycles. The SMILES string of the molecule is CCN(Cc1ccoc1)c1cc(Cl)nc(N)n1. The zero-order chi connectivity index (χ0) is 12.3. The van der Waals surface area contributed by atoms with Gasteiger partial charge in [0.25, 0.3) is 0 Å². The fourth-order valence-corrected chi connectivity index (χ4v) is 1.73. The van der Waals surface area contributed by atoms with Crippen LogP contribution in [-0.2, 0) is 6.54 Å². The van der Waals surface area contributed by atoms with Crippen molar-refractivity contribution in [2.75, 3.05) is 17.2 Å². The van der Waals surface area contributed by atoms with E-state index in [1.165, 1.54) is 0 Å². The minimum absolute atomic E-state index is 0.179. The number of halogens is 1. The predicted octanol–water partition coefficient (Wildman–Crippen LogP) is 2.33. The first-order valence-corrected chi connectivity index (χ1v) is 5.63. The summed E-state index contributed by atoms with van der Waals surface area (Å²) >= 11 is 5.86. The summed E-state index contributed by atoms with van der Waals surface area (Å²) in [6, 6.07) is 3.61. The van der Waals surface area contributed by atoms with E-state index in [0.29, 0.717) is 17.5 Å². The highest BCUT2D eigenvalue weighted by Crippen LogP contribution is 2.19. The number of nitrogen functional groups attached to an aromatic ring is 1. The van der Waals surface area contributed by atoms with Crippen LogP contribution >= 0.6 is 11.6 Å². The van der Waals surface area contributed by atoms with Crippen molar-refractivity contribution < 1.29 is 4.42 Å². The molecule has 0 fully saturated rings. The second-order valence-electron chi connectivity index (χ2n) is 3.55. The molecule has 2 aromatic rings. The molecule has 2 rings (SSSR count). The first-order valence-electron chi connectivity index (χ1n) is 5.25. The van der Waals surface area contributed by atoms with Crippen LogP contribution in [0.4, 0.5) is 11.8 Å². The Hall–Kier alpha value is -1.75. The lowest BCUT2D eigenvalue weighted by molar-refractivity contribution is 0.563. The molecule has 0 aliphatic rings. The number of hydrogen-bond acceptors (Lipinski definition) is 5. The highest BCUT2D eigenvalue weighted by Gasteiger charge is 2.09. The van der Waals surface area contributed by atoms with Gasteiger partial charge in [-0.1, -0.05) is 11.6 Å². The van der Waals surface area contributed by atoms with Crippen molar-refractivity contribution in [3.05, 3.63) is 35.4 Å². The van der Waals surface area contributed by atoms with Crippen molar-refractivity contribution in [3.8, 4) is 0 Å². The van der Waals surface area contributed by atoms with Crippen molar-refractivity contribution in [1.82, 2.24) is 9.97 Å². The maximum absolute atomic E-state index is 5.86. The maximum Gasteiger partial charge on any atom is 0.223 e. The van der Waals surface area contributed by atoms with Gasteiger partial charge >= 0.3 is 0 Å². The van der Waals surface area contributed by atoms with Gasteiger partial charge in [0.05, 0.1) is 12.5 Å². The Bertz CT molecular complexity index is 466. The lowest BCUT2D eigenvalue weighted by atomic mass is 10.3. The summed E-state index contributed by atoms with van der Waals surface area (Å²) in [7, 11) is 0. The molecule has 0 radical (unpaired) electrons. The molecule has 6 heteroatoms. The summed E-state index contributed by atoms with van der Waals surface area (Å²) in [6.07, 6.45) is 3.35. The molecule has 90 valence electrons. The summed E-state index contributed by atoms with van der Waals surface area (Å²) in [5, 5.41) is 0.346. The Kier molecular flexibility index (Phi) is 3.49. The Morgan fingerprint density at radius 1 is 1.47 bits per heavy atom. The van der Waals surface area contributed by atoms with Crippen LogP contribution < -0.4 is 10.6 Å². The molecule has 0 saturated carbocycles. The van der Waals surface area contributed by atoms with Crippen LogP contribution in [0.3, 0.4) is 0 Å². The van der Waals surface area contributed by atoms with Crippen molar-refractivity contribution in [2.45, 2.75) is 13.5 Å². The van der Waals surface area contributed by atoms with Gasteiger partial charge in [0, 0.05) is 24.7 Å². The van der Waals surface area contributed by atoms with Gasteiger partial charge in [0.15, 0.2) is 0 Å². The summed E-state index contributed by atoms with van der Waals surface area (Å²) in [5.41, 5.74) is 6.64. The third-order valence-electron chi connectivity index (χ3n) is 2.36. The fraction of sp³-hybridized carbons (Fsp3) is 0.273. The zero-order valence-corrected chi connectivity index (χ0v) is 10.2. The number of aromatic nitrogens is 2. The number of rotatable bonds is 4. The van der Waals surface area contributed by atoms with Crippen LogP contribution in [-0.4, -0.2) is 16.5 Å². The summed E-state index contributed by atoms with van der Waals surface area (Å²) in [4.78, 5) is 10.0. The highest BCUT2D eigenvalue weighted by molar-refractivity contribution is 6.29. The topological polar surface area (TPSA) is 68.2 Å². The lowest BCUT2D eigenvalue weighted by Crippen LogP contribution is -2.23. The second-order valence-corrected chi connectivity index (χ2v) is 3.94. The second kappa shape index (κ2) is 5.05. The lowest BCUT2D eigenvalue weighted by Gasteiger charge is -2.21. The van der Waals surface area contributed by atoms with Gasteiger partial charge < -0.3 is 15.1 Å². The molecular formula is C11H13ClN4O. The smallest absolute Gasteiger partial charge is 0.223 e. The van der Waals surface area contributed by atoms with Crippen LogP contribution in [0.5, 0.6) is 0 Å². The van der Waals surface area contributed by atoms with Gasteiger partial charge in [-0.05, 0) is 13.0 Å². The first-order chi connectivity index (χ1) is 8.19. The van der Waals surface area contributed by atoms with Crippen LogP contribution in [0.1, 0.15) is 12.5 Å². The highest BCUT2D eigenvalue weighted by atomic mass is 35.5. The van der Waals surface area contributed by atoms with E-state index in [9.17, 15) is 0 Å². The van der Waals surface area contributed by atoms with Crippen LogP contribution in [0.25, 0.3) is 0 Å². The van der Waals surface area contributed by atoms with E-state index < -0.39 is 0 Å². The summed E-state index contributed by atoms with van der Waals surface area (Å²) < 4.78 is 5.03. The van der Waals surface area contributed by atoms with Crippen LogP contribution in [0.15, 0.2) is 29.1 Å². The van der Waals surface area contributed by atoms with E-state index in [1.807, 2.05) is 17.9 Å². The molecule has 0 bridgehead atoms. The van der Waals surface area contributed by atoms with Gasteiger partial charge in [-0.15, -0.1) is 0 Å². The Balaban J connectivity index is 2.22. The van der Waals surface area contributed by atoms with E-state index >= 15 is 0 Å². The minimum Gasteiger partial charge on any atom is -0.472 e. The van der Waals surface area contributed by atoms with Gasteiger partial charge in [0.2, 0.25) is 5.95 Å². The molecule has 0 saturated heterocycles. The fourth-order valence-electron chi connectivity index (χ4n) is 1.54. The average Bonchev–Trinajstić information content (AvgIpc) is 2.77. The molecule has 0 aliphatic carbocycles. The monoisotopic (exact) mass is 252 g/mol. The van der Waals surface area contributed by atoms with E-state index in [2.05, 4.69) is 9.97 Å².